The zero-order chi connectivity index (χ0) is 14.1. The first-order valence-electron chi connectivity index (χ1n) is 7.80. The van der Waals surface area contributed by atoms with Crippen LogP contribution in [0.1, 0.15) is 72.1 Å². The molecular weight excluding hydrogens is 238 g/mol. The van der Waals surface area contributed by atoms with E-state index in [2.05, 4.69) is 13.8 Å². The largest absolute Gasteiger partial charge is 0.462 e. The fourth-order valence-electron chi connectivity index (χ4n) is 3.39. The van der Waals surface area contributed by atoms with Gasteiger partial charge in [-0.3, -0.25) is 4.79 Å². The molecule has 2 saturated carbocycles. The maximum Gasteiger partial charge on any atom is 0.313 e. The maximum atomic E-state index is 12.5. The number of hydrogen-bond donors (Lipinski definition) is 1. The van der Waals surface area contributed by atoms with E-state index in [0.717, 1.165) is 51.4 Å². The minimum absolute atomic E-state index is 0.0335. The normalized spacial score (nSPS) is 35.9. The molecule has 0 aromatic rings. The van der Waals surface area contributed by atoms with Crippen LogP contribution in [0.4, 0.5) is 0 Å². The Balaban J connectivity index is 1.90. The van der Waals surface area contributed by atoms with Crippen LogP contribution in [0.15, 0.2) is 0 Å². The second-order valence-electron chi connectivity index (χ2n) is 7.54. The van der Waals surface area contributed by atoms with Crippen molar-refractivity contribution in [2.24, 2.45) is 16.6 Å². The molecule has 19 heavy (non-hydrogen) atoms. The number of esters is 1. The Morgan fingerprint density at radius 2 is 1.68 bits per heavy atom. The van der Waals surface area contributed by atoms with Gasteiger partial charge in [0.05, 0.1) is 5.41 Å². The van der Waals surface area contributed by atoms with Crippen molar-refractivity contribution in [3.05, 3.63) is 0 Å². The number of hydrogen-bond acceptors (Lipinski definition) is 3. The Hall–Kier alpha value is -0.570. The molecule has 2 fully saturated rings. The molecule has 0 radical (unpaired) electrons. The zero-order valence-electron chi connectivity index (χ0n) is 12.7. The lowest BCUT2D eigenvalue weighted by molar-refractivity contribution is -0.166. The first-order valence-corrected chi connectivity index (χ1v) is 7.80. The molecule has 0 bridgehead atoms. The van der Waals surface area contributed by atoms with E-state index in [9.17, 15) is 4.79 Å². The summed E-state index contributed by atoms with van der Waals surface area (Å²) < 4.78 is 5.78. The van der Waals surface area contributed by atoms with E-state index in [1.807, 2.05) is 6.92 Å². The van der Waals surface area contributed by atoms with Gasteiger partial charge in [0.2, 0.25) is 0 Å². The molecule has 2 rings (SSSR count). The van der Waals surface area contributed by atoms with Crippen LogP contribution in [0, 0.1) is 10.8 Å². The number of carbonyl (C=O) groups excluding carboxylic acids is 1. The van der Waals surface area contributed by atoms with Gasteiger partial charge in [0.1, 0.15) is 6.10 Å². The van der Waals surface area contributed by atoms with E-state index in [1.165, 1.54) is 0 Å². The average Bonchev–Trinajstić information content (AvgIpc) is 2.35. The second-order valence-corrected chi connectivity index (χ2v) is 7.54. The second kappa shape index (κ2) is 5.43. The van der Waals surface area contributed by atoms with Gasteiger partial charge in [-0.1, -0.05) is 26.7 Å². The predicted molar refractivity (Wildman–Crippen MR) is 76.7 cm³/mol. The number of rotatable bonds is 2. The Morgan fingerprint density at radius 3 is 2.26 bits per heavy atom. The van der Waals surface area contributed by atoms with E-state index in [0.29, 0.717) is 5.41 Å². The van der Waals surface area contributed by atoms with Gasteiger partial charge in [0.15, 0.2) is 0 Å². The number of carbonyl (C=O) groups is 1. The molecule has 0 spiro atoms. The van der Waals surface area contributed by atoms with Crippen LogP contribution in [-0.4, -0.2) is 18.1 Å². The Bertz CT molecular complexity index is 330. The lowest BCUT2D eigenvalue weighted by atomic mass is 9.72. The molecule has 0 heterocycles. The predicted octanol–water partition coefficient (Wildman–Crippen LogP) is 3.41. The first-order chi connectivity index (χ1) is 8.83. The lowest BCUT2D eigenvalue weighted by Crippen LogP contribution is -2.49. The van der Waals surface area contributed by atoms with Crippen molar-refractivity contribution in [3.8, 4) is 0 Å². The third kappa shape index (κ3) is 3.31. The van der Waals surface area contributed by atoms with Gasteiger partial charge in [-0.05, 0) is 50.9 Å². The molecule has 0 aliphatic heterocycles. The molecule has 2 aliphatic carbocycles. The summed E-state index contributed by atoms with van der Waals surface area (Å²) in [5.41, 5.74) is 6.12. The van der Waals surface area contributed by atoms with Crippen LogP contribution >= 0.6 is 0 Å². The van der Waals surface area contributed by atoms with Crippen LogP contribution in [0.2, 0.25) is 0 Å². The van der Waals surface area contributed by atoms with Crippen molar-refractivity contribution in [3.63, 3.8) is 0 Å². The van der Waals surface area contributed by atoms with Crippen molar-refractivity contribution in [2.75, 3.05) is 0 Å². The molecule has 0 aromatic carbocycles. The number of ether oxygens (including phenoxy) is 1. The van der Waals surface area contributed by atoms with Crippen LogP contribution in [0.25, 0.3) is 0 Å². The van der Waals surface area contributed by atoms with E-state index in [1.54, 1.807) is 0 Å². The number of nitrogens with two attached hydrogens (primary N) is 1. The highest BCUT2D eigenvalue weighted by atomic mass is 16.5. The van der Waals surface area contributed by atoms with Gasteiger partial charge >= 0.3 is 5.97 Å². The van der Waals surface area contributed by atoms with Gasteiger partial charge in [-0.2, -0.15) is 0 Å². The topological polar surface area (TPSA) is 52.3 Å². The van der Waals surface area contributed by atoms with E-state index < -0.39 is 5.41 Å². The third-order valence-electron chi connectivity index (χ3n) is 5.31. The molecule has 2 unspecified atom stereocenters. The minimum Gasteiger partial charge on any atom is -0.462 e. The average molecular weight is 267 g/mol. The van der Waals surface area contributed by atoms with Crippen LogP contribution in [0.5, 0.6) is 0 Å². The highest BCUT2D eigenvalue weighted by Gasteiger charge is 2.43. The third-order valence-corrected chi connectivity index (χ3v) is 5.31. The highest BCUT2D eigenvalue weighted by Crippen LogP contribution is 2.39. The smallest absolute Gasteiger partial charge is 0.313 e. The van der Waals surface area contributed by atoms with Crippen LogP contribution < -0.4 is 5.73 Å². The zero-order valence-corrected chi connectivity index (χ0v) is 12.7. The highest BCUT2D eigenvalue weighted by molar-refractivity contribution is 5.77. The van der Waals surface area contributed by atoms with E-state index >= 15 is 0 Å². The van der Waals surface area contributed by atoms with E-state index in [4.69, 9.17) is 10.5 Å². The van der Waals surface area contributed by atoms with Gasteiger partial charge in [-0.15, -0.1) is 0 Å². The standard InChI is InChI=1S/C16H29NO2/c1-15(2)10-7-12(8-11-15)19-14(18)16(3)9-5-4-6-13(16)17/h12-13H,4-11,17H2,1-3H3. The van der Waals surface area contributed by atoms with Gasteiger partial charge in [0, 0.05) is 6.04 Å². The lowest BCUT2D eigenvalue weighted by Gasteiger charge is -2.40. The molecule has 110 valence electrons. The summed E-state index contributed by atoms with van der Waals surface area (Å²) in [5.74, 6) is -0.0515. The molecule has 3 nitrogen and oxygen atoms in total. The molecule has 2 N–H and O–H groups in total. The van der Waals surface area contributed by atoms with Gasteiger partial charge in [0.25, 0.3) is 0 Å². The van der Waals surface area contributed by atoms with E-state index in [-0.39, 0.29) is 18.1 Å². The monoisotopic (exact) mass is 267 g/mol. The summed E-state index contributed by atoms with van der Waals surface area (Å²) >= 11 is 0. The molecule has 0 aromatic heterocycles. The molecule has 2 atom stereocenters. The molecular formula is C16H29NO2. The van der Waals surface area contributed by atoms with Crippen LogP contribution in [0.3, 0.4) is 0 Å². The quantitative estimate of drug-likeness (QED) is 0.780. The first kappa shape index (κ1) is 14.8. The van der Waals surface area contributed by atoms with Crippen molar-refractivity contribution in [1.29, 1.82) is 0 Å². The Labute approximate surface area is 117 Å². The Kier molecular flexibility index (Phi) is 4.24. The van der Waals surface area contributed by atoms with Gasteiger partial charge < -0.3 is 10.5 Å². The summed E-state index contributed by atoms with van der Waals surface area (Å²) in [6.07, 6.45) is 8.48. The molecule has 0 amide bonds. The van der Waals surface area contributed by atoms with Crippen LogP contribution in [-0.2, 0) is 9.53 Å². The Morgan fingerprint density at radius 1 is 1.05 bits per heavy atom. The summed E-state index contributed by atoms with van der Waals surface area (Å²) in [7, 11) is 0. The molecule has 2 aliphatic rings. The summed E-state index contributed by atoms with van der Waals surface area (Å²) in [5, 5.41) is 0. The minimum atomic E-state index is -0.453. The van der Waals surface area contributed by atoms with Crippen molar-refractivity contribution in [2.45, 2.75) is 84.3 Å². The summed E-state index contributed by atoms with van der Waals surface area (Å²) in [4.78, 5) is 12.5. The fraction of sp³-hybridized carbons (Fsp3) is 0.938. The van der Waals surface area contributed by atoms with Crippen molar-refractivity contribution >= 4 is 5.97 Å². The maximum absolute atomic E-state index is 12.5. The van der Waals surface area contributed by atoms with Crippen molar-refractivity contribution < 1.29 is 9.53 Å². The summed E-state index contributed by atoms with van der Waals surface area (Å²) in [6.45, 7) is 6.58. The SMILES string of the molecule is CC1(C)CCC(OC(=O)C2(C)CCCCC2N)CC1. The van der Waals surface area contributed by atoms with Crippen molar-refractivity contribution in [1.82, 2.24) is 0 Å². The van der Waals surface area contributed by atoms with Gasteiger partial charge in [-0.25, -0.2) is 0 Å². The fourth-order valence-corrected chi connectivity index (χ4v) is 3.39. The summed E-state index contributed by atoms with van der Waals surface area (Å²) in [6, 6.07) is -0.0335. The molecule has 0 saturated heterocycles. The molecule has 3 heteroatoms.